The summed E-state index contributed by atoms with van der Waals surface area (Å²) in [6.07, 6.45) is 18.2. The highest BCUT2D eigenvalue weighted by Gasteiger charge is 2.06. The summed E-state index contributed by atoms with van der Waals surface area (Å²) in [5.74, 6) is 1.95. The van der Waals surface area contributed by atoms with Gasteiger partial charge in [-0.15, -0.1) is 0 Å². The first-order valence-corrected chi connectivity index (χ1v) is 16.9. The second kappa shape index (κ2) is 25.4. The van der Waals surface area contributed by atoms with E-state index in [9.17, 15) is 0 Å². The van der Waals surface area contributed by atoms with Gasteiger partial charge in [0.1, 0.15) is 11.5 Å². The van der Waals surface area contributed by atoms with Gasteiger partial charge < -0.3 is 30.7 Å². The zero-order valence-corrected chi connectivity index (χ0v) is 27.0. The van der Waals surface area contributed by atoms with E-state index in [1.165, 1.54) is 121 Å². The Morgan fingerprint density at radius 1 is 0.524 bits per heavy atom. The van der Waals surface area contributed by atoms with Crippen LogP contribution >= 0.6 is 0 Å². The van der Waals surface area contributed by atoms with E-state index in [1.807, 2.05) is 24.3 Å². The predicted molar refractivity (Wildman–Crippen MR) is 180 cm³/mol. The van der Waals surface area contributed by atoms with Crippen LogP contribution in [-0.2, 0) is 13.1 Å². The lowest BCUT2D eigenvalue weighted by Crippen LogP contribution is -2.27. The standard InChI is InChI=1S/C36H62N4O2/c1-41-35-23-13-11-21-33(35)31-38-26-16-6-9-19-29-40(28-18-8-4-3-5-15-25-37)30-20-10-7-17-27-39-32-34-22-12-14-24-36(34)42-2/h11-14,21-24,38-39H,3-10,15-20,25-32,37H2,1-2H3. The van der Waals surface area contributed by atoms with Gasteiger partial charge in [-0.25, -0.2) is 0 Å². The molecule has 0 saturated carbocycles. The minimum atomic E-state index is 0.837. The molecule has 6 nitrogen and oxygen atoms in total. The summed E-state index contributed by atoms with van der Waals surface area (Å²) in [4.78, 5) is 2.75. The molecule has 0 aliphatic rings. The summed E-state index contributed by atoms with van der Waals surface area (Å²) in [7, 11) is 3.49. The molecule has 0 aromatic heterocycles. The van der Waals surface area contributed by atoms with Gasteiger partial charge in [0, 0.05) is 24.2 Å². The third-order valence-electron chi connectivity index (χ3n) is 8.10. The minimum absolute atomic E-state index is 0.837. The van der Waals surface area contributed by atoms with Crippen molar-refractivity contribution in [2.75, 3.05) is 53.5 Å². The number of para-hydroxylation sites is 2. The van der Waals surface area contributed by atoms with Crippen molar-refractivity contribution in [3.8, 4) is 11.5 Å². The number of methoxy groups -OCH3 is 2. The van der Waals surface area contributed by atoms with Gasteiger partial charge in [0.05, 0.1) is 14.2 Å². The van der Waals surface area contributed by atoms with Crippen molar-refractivity contribution in [1.29, 1.82) is 0 Å². The molecule has 6 heteroatoms. The Morgan fingerprint density at radius 3 is 1.33 bits per heavy atom. The molecule has 0 fully saturated rings. The van der Waals surface area contributed by atoms with Crippen molar-refractivity contribution < 1.29 is 9.47 Å². The smallest absolute Gasteiger partial charge is 0.123 e. The number of benzene rings is 2. The Bertz CT molecular complexity index is 831. The minimum Gasteiger partial charge on any atom is -0.496 e. The van der Waals surface area contributed by atoms with Crippen LogP contribution in [0.5, 0.6) is 11.5 Å². The van der Waals surface area contributed by atoms with Gasteiger partial charge in [0.25, 0.3) is 0 Å². The monoisotopic (exact) mass is 582 g/mol. The highest BCUT2D eigenvalue weighted by molar-refractivity contribution is 5.33. The molecule has 0 aliphatic carbocycles. The van der Waals surface area contributed by atoms with Crippen molar-refractivity contribution in [2.45, 2.75) is 103 Å². The zero-order chi connectivity index (χ0) is 29.9. The summed E-state index contributed by atoms with van der Waals surface area (Å²) in [6.45, 7) is 8.49. The van der Waals surface area contributed by atoms with Crippen LogP contribution in [0.4, 0.5) is 0 Å². The van der Waals surface area contributed by atoms with Crippen LogP contribution in [-0.4, -0.2) is 58.4 Å². The molecule has 0 unspecified atom stereocenters. The Balaban J connectivity index is 1.55. The fourth-order valence-electron chi connectivity index (χ4n) is 5.54. The van der Waals surface area contributed by atoms with Crippen molar-refractivity contribution >= 4 is 0 Å². The molecule has 0 spiro atoms. The highest BCUT2D eigenvalue weighted by Crippen LogP contribution is 2.18. The van der Waals surface area contributed by atoms with E-state index < -0.39 is 0 Å². The number of hydrogen-bond acceptors (Lipinski definition) is 6. The van der Waals surface area contributed by atoms with Gasteiger partial charge in [-0.1, -0.05) is 87.8 Å². The Hall–Kier alpha value is -2.12. The second-order valence-electron chi connectivity index (χ2n) is 11.6. The summed E-state index contributed by atoms with van der Waals surface area (Å²) in [5, 5.41) is 7.17. The zero-order valence-electron chi connectivity index (χ0n) is 27.0. The molecule has 0 bridgehead atoms. The second-order valence-corrected chi connectivity index (χ2v) is 11.6. The summed E-state index contributed by atoms with van der Waals surface area (Å²) in [5.41, 5.74) is 8.11. The molecule has 0 radical (unpaired) electrons. The average Bonchev–Trinajstić information content (AvgIpc) is 3.02. The molecule has 238 valence electrons. The molecular weight excluding hydrogens is 520 g/mol. The van der Waals surface area contributed by atoms with Crippen LogP contribution in [0.1, 0.15) is 101 Å². The number of unbranched alkanes of at least 4 members (excludes halogenated alkanes) is 11. The molecule has 0 atom stereocenters. The third-order valence-corrected chi connectivity index (χ3v) is 8.10. The van der Waals surface area contributed by atoms with Gasteiger partial charge in [0.2, 0.25) is 0 Å². The van der Waals surface area contributed by atoms with Crippen molar-refractivity contribution in [3.63, 3.8) is 0 Å². The normalized spacial score (nSPS) is 11.3. The maximum Gasteiger partial charge on any atom is 0.123 e. The van der Waals surface area contributed by atoms with E-state index >= 15 is 0 Å². The SMILES string of the molecule is COc1ccccc1CNCCCCCCN(CCCCCCCCN)CCCCCCNCc1ccccc1OC. The fourth-order valence-corrected chi connectivity index (χ4v) is 5.54. The molecule has 0 saturated heterocycles. The number of nitrogens with zero attached hydrogens (tertiary/aromatic N) is 1. The van der Waals surface area contributed by atoms with Gasteiger partial charge in [-0.2, -0.15) is 0 Å². The quantitative estimate of drug-likeness (QED) is 0.0914. The molecule has 2 aromatic carbocycles. The number of rotatable bonds is 28. The highest BCUT2D eigenvalue weighted by atomic mass is 16.5. The van der Waals surface area contributed by atoms with Gasteiger partial charge in [-0.05, 0) is 89.9 Å². The summed E-state index contributed by atoms with van der Waals surface area (Å²) >= 11 is 0. The molecule has 0 heterocycles. The number of nitrogens with two attached hydrogens (primary N) is 1. The molecule has 0 amide bonds. The van der Waals surface area contributed by atoms with E-state index in [2.05, 4.69) is 39.8 Å². The van der Waals surface area contributed by atoms with E-state index in [0.29, 0.717) is 0 Å². The maximum absolute atomic E-state index is 5.64. The van der Waals surface area contributed by atoms with Crippen LogP contribution in [0.3, 0.4) is 0 Å². The van der Waals surface area contributed by atoms with Crippen molar-refractivity contribution in [3.05, 3.63) is 59.7 Å². The lowest BCUT2D eigenvalue weighted by atomic mass is 10.1. The Labute approximate surface area is 258 Å². The first kappa shape index (κ1) is 36.1. The summed E-state index contributed by atoms with van der Waals surface area (Å²) < 4.78 is 10.9. The van der Waals surface area contributed by atoms with E-state index in [4.69, 9.17) is 15.2 Å². The van der Waals surface area contributed by atoms with Gasteiger partial charge in [0.15, 0.2) is 0 Å². The van der Waals surface area contributed by atoms with Crippen molar-refractivity contribution in [1.82, 2.24) is 15.5 Å². The largest absolute Gasteiger partial charge is 0.496 e. The maximum atomic E-state index is 5.64. The van der Waals surface area contributed by atoms with E-state index in [0.717, 1.165) is 44.2 Å². The van der Waals surface area contributed by atoms with Gasteiger partial charge in [-0.3, -0.25) is 0 Å². The van der Waals surface area contributed by atoms with Crippen molar-refractivity contribution in [2.24, 2.45) is 5.73 Å². The van der Waals surface area contributed by atoms with Crippen LogP contribution in [0.15, 0.2) is 48.5 Å². The van der Waals surface area contributed by atoms with E-state index in [-0.39, 0.29) is 0 Å². The first-order chi connectivity index (χ1) is 20.8. The molecule has 4 N–H and O–H groups in total. The van der Waals surface area contributed by atoms with Crippen LogP contribution in [0.25, 0.3) is 0 Å². The number of nitrogens with one attached hydrogen (secondary N) is 2. The topological polar surface area (TPSA) is 71.8 Å². The molecule has 0 aliphatic heterocycles. The van der Waals surface area contributed by atoms with Crippen LogP contribution in [0, 0.1) is 0 Å². The molecular formula is C36H62N4O2. The summed E-state index contributed by atoms with van der Waals surface area (Å²) in [6, 6.07) is 16.6. The third kappa shape index (κ3) is 17.1. The molecule has 2 aromatic rings. The van der Waals surface area contributed by atoms with E-state index in [1.54, 1.807) is 14.2 Å². The predicted octanol–water partition coefficient (Wildman–Crippen LogP) is 7.31. The molecule has 2 rings (SSSR count). The fraction of sp³-hybridized carbons (Fsp3) is 0.667. The number of ether oxygens (including phenoxy) is 2. The number of hydrogen-bond donors (Lipinski definition) is 3. The van der Waals surface area contributed by atoms with Crippen LogP contribution in [0.2, 0.25) is 0 Å². The average molecular weight is 583 g/mol. The van der Waals surface area contributed by atoms with Gasteiger partial charge >= 0.3 is 0 Å². The first-order valence-electron chi connectivity index (χ1n) is 16.9. The Kier molecular flexibility index (Phi) is 21.8. The molecule has 42 heavy (non-hydrogen) atoms. The van der Waals surface area contributed by atoms with Crippen LogP contribution < -0.4 is 25.8 Å². The Morgan fingerprint density at radius 2 is 0.905 bits per heavy atom. The lowest BCUT2D eigenvalue weighted by Gasteiger charge is -2.22. The lowest BCUT2D eigenvalue weighted by molar-refractivity contribution is 0.254.